The topological polar surface area (TPSA) is 85.4 Å². The van der Waals surface area contributed by atoms with Crippen molar-refractivity contribution in [1.82, 2.24) is 14.5 Å². The summed E-state index contributed by atoms with van der Waals surface area (Å²) in [7, 11) is 0. The number of carbonyl (C=O) groups is 1. The zero-order valence-corrected chi connectivity index (χ0v) is 20.6. The van der Waals surface area contributed by atoms with Crippen molar-refractivity contribution in [2.24, 2.45) is 0 Å². The van der Waals surface area contributed by atoms with Crippen LogP contribution in [0.5, 0.6) is 5.75 Å². The highest BCUT2D eigenvalue weighted by molar-refractivity contribution is 6.31. The molecule has 7 nitrogen and oxygen atoms in total. The molecular formula is C28H23ClFN5O2. The Morgan fingerprint density at radius 3 is 2.65 bits per heavy atom. The summed E-state index contributed by atoms with van der Waals surface area (Å²) in [5.41, 5.74) is 3.64. The lowest BCUT2D eigenvalue weighted by Crippen LogP contribution is -2.50. The molecular weight excluding hydrogens is 493 g/mol. The van der Waals surface area contributed by atoms with Crippen molar-refractivity contribution in [1.29, 1.82) is 5.26 Å². The molecule has 1 aromatic heterocycles. The summed E-state index contributed by atoms with van der Waals surface area (Å²) in [4.78, 5) is 21.3. The summed E-state index contributed by atoms with van der Waals surface area (Å²) in [5.74, 6) is -0.495. The van der Waals surface area contributed by atoms with Crippen LogP contribution in [0.3, 0.4) is 0 Å². The van der Waals surface area contributed by atoms with E-state index in [-0.39, 0.29) is 23.8 Å². The van der Waals surface area contributed by atoms with Crippen molar-refractivity contribution < 1.29 is 14.3 Å². The van der Waals surface area contributed by atoms with Crippen molar-refractivity contribution in [3.63, 3.8) is 0 Å². The molecule has 0 saturated carbocycles. The molecule has 0 spiro atoms. The van der Waals surface area contributed by atoms with Crippen LogP contribution >= 0.6 is 11.6 Å². The van der Waals surface area contributed by atoms with Crippen LogP contribution in [0.15, 0.2) is 73.2 Å². The summed E-state index contributed by atoms with van der Waals surface area (Å²) in [6.45, 7) is 2.17. The third kappa shape index (κ3) is 5.19. The number of piperazine rings is 1. The van der Waals surface area contributed by atoms with Crippen molar-refractivity contribution in [2.75, 3.05) is 24.5 Å². The molecule has 1 aliphatic heterocycles. The molecule has 2 heterocycles. The lowest BCUT2D eigenvalue weighted by atomic mass is 10.0. The summed E-state index contributed by atoms with van der Waals surface area (Å²) in [6.07, 6.45) is 3.41. The van der Waals surface area contributed by atoms with Crippen LogP contribution in [0, 0.1) is 17.1 Å². The molecule has 0 atom stereocenters. The van der Waals surface area contributed by atoms with Gasteiger partial charge in [0.15, 0.2) is 0 Å². The number of amides is 1. The molecule has 37 heavy (non-hydrogen) atoms. The number of para-hydroxylation sites is 1. The van der Waals surface area contributed by atoms with Crippen molar-refractivity contribution in [2.45, 2.75) is 13.1 Å². The number of hydrogen-bond acceptors (Lipinski definition) is 5. The van der Waals surface area contributed by atoms with Crippen LogP contribution in [0.4, 0.5) is 10.1 Å². The molecule has 0 aliphatic carbocycles. The second kappa shape index (κ2) is 10.4. The highest BCUT2D eigenvalue weighted by Gasteiger charge is 2.28. The zero-order valence-electron chi connectivity index (χ0n) is 19.8. The number of phenolic OH excluding ortho intramolecular Hbond substituents is 1. The van der Waals surface area contributed by atoms with Gasteiger partial charge in [-0.1, -0.05) is 41.9 Å². The number of imidazole rings is 1. The van der Waals surface area contributed by atoms with Gasteiger partial charge in [0.2, 0.25) is 5.91 Å². The number of nitriles is 1. The van der Waals surface area contributed by atoms with Crippen LogP contribution < -0.4 is 4.90 Å². The molecule has 9 heteroatoms. The molecule has 0 unspecified atom stereocenters. The van der Waals surface area contributed by atoms with Gasteiger partial charge in [0.05, 0.1) is 29.8 Å². The lowest BCUT2D eigenvalue weighted by Gasteiger charge is -2.35. The van der Waals surface area contributed by atoms with Gasteiger partial charge in [-0.3, -0.25) is 9.69 Å². The first-order valence-electron chi connectivity index (χ1n) is 11.7. The number of nitrogens with zero attached hydrogens (tertiary/aromatic N) is 5. The summed E-state index contributed by atoms with van der Waals surface area (Å²) < 4.78 is 15.9. The van der Waals surface area contributed by atoms with Crippen molar-refractivity contribution >= 4 is 23.2 Å². The van der Waals surface area contributed by atoms with E-state index in [9.17, 15) is 14.3 Å². The van der Waals surface area contributed by atoms with Crippen molar-refractivity contribution in [3.8, 4) is 22.9 Å². The molecule has 1 saturated heterocycles. The Morgan fingerprint density at radius 2 is 1.89 bits per heavy atom. The van der Waals surface area contributed by atoms with E-state index in [4.69, 9.17) is 16.9 Å². The van der Waals surface area contributed by atoms with Gasteiger partial charge < -0.3 is 14.6 Å². The molecule has 0 bridgehead atoms. The quantitative estimate of drug-likeness (QED) is 0.398. The number of aromatic nitrogens is 2. The lowest BCUT2D eigenvalue weighted by molar-refractivity contribution is -0.121. The van der Waals surface area contributed by atoms with Crippen LogP contribution in [0.2, 0.25) is 5.02 Å². The molecule has 0 radical (unpaired) electrons. The largest absolute Gasteiger partial charge is 0.507 e. The van der Waals surface area contributed by atoms with Crippen LogP contribution in [0.1, 0.15) is 16.8 Å². The number of benzene rings is 3. The molecule has 3 aromatic carbocycles. The van der Waals surface area contributed by atoms with E-state index in [1.54, 1.807) is 47.8 Å². The number of phenols is 1. The summed E-state index contributed by atoms with van der Waals surface area (Å²) in [5, 5.41) is 19.8. The Kier molecular flexibility index (Phi) is 6.91. The predicted molar refractivity (Wildman–Crippen MR) is 139 cm³/mol. The minimum Gasteiger partial charge on any atom is -0.507 e. The van der Waals surface area contributed by atoms with Crippen LogP contribution in [-0.2, 0) is 17.9 Å². The molecule has 1 N–H and O–H groups in total. The monoisotopic (exact) mass is 515 g/mol. The average molecular weight is 516 g/mol. The maximum absolute atomic E-state index is 14.0. The smallest absolute Gasteiger partial charge is 0.241 e. The molecule has 1 fully saturated rings. The Hall–Kier alpha value is -4.19. The zero-order chi connectivity index (χ0) is 25.9. The van der Waals surface area contributed by atoms with E-state index in [0.29, 0.717) is 48.0 Å². The van der Waals surface area contributed by atoms with E-state index in [0.717, 1.165) is 11.3 Å². The number of carbonyl (C=O) groups excluding carboxylic acids is 1. The second-order valence-corrected chi connectivity index (χ2v) is 9.31. The normalized spacial score (nSPS) is 14.1. The summed E-state index contributed by atoms with van der Waals surface area (Å²) >= 11 is 6.29. The number of halogens is 2. The van der Waals surface area contributed by atoms with Gasteiger partial charge in [-0.2, -0.15) is 5.26 Å². The summed E-state index contributed by atoms with van der Waals surface area (Å²) in [6, 6.07) is 18.7. The molecule has 5 rings (SSSR count). The van der Waals surface area contributed by atoms with Gasteiger partial charge in [0, 0.05) is 48.5 Å². The third-order valence-corrected chi connectivity index (χ3v) is 6.67. The van der Waals surface area contributed by atoms with E-state index in [1.165, 1.54) is 12.1 Å². The Labute approximate surface area is 218 Å². The average Bonchev–Trinajstić information content (AvgIpc) is 3.31. The predicted octanol–water partition coefficient (Wildman–Crippen LogP) is 4.82. The standard InChI is InChI=1S/C28H23ClFN5O2/c29-21-7-8-23(24-3-1-2-4-27(24)36)26(12-21)35-10-9-33(17-28(35)37)16-22-14-32-18-34(22)15-19-5-6-20(13-31)25(30)11-19/h1-8,11-12,14,18,36H,9-10,15-17H2. The molecule has 1 amide bonds. The minimum absolute atomic E-state index is 0.0105. The SMILES string of the molecule is N#Cc1ccc(Cn2cncc2CN2CCN(c3cc(Cl)ccc3-c3ccccc3O)C(=O)C2)cc1F. The number of aromatic hydroxyl groups is 1. The Bertz CT molecular complexity index is 1510. The molecule has 1 aliphatic rings. The van der Waals surface area contributed by atoms with Crippen LogP contribution in [0.25, 0.3) is 11.1 Å². The first-order chi connectivity index (χ1) is 17.9. The van der Waals surface area contributed by atoms with Gasteiger partial charge in [-0.15, -0.1) is 0 Å². The van der Waals surface area contributed by atoms with E-state index in [2.05, 4.69) is 4.98 Å². The third-order valence-electron chi connectivity index (χ3n) is 6.44. The maximum atomic E-state index is 14.0. The highest BCUT2D eigenvalue weighted by Crippen LogP contribution is 2.38. The van der Waals surface area contributed by atoms with E-state index >= 15 is 0 Å². The number of anilines is 1. The number of hydrogen-bond donors (Lipinski definition) is 1. The van der Waals surface area contributed by atoms with Gasteiger partial charge in [-0.25, -0.2) is 9.37 Å². The van der Waals surface area contributed by atoms with Gasteiger partial charge in [-0.05, 0) is 35.9 Å². The fourth-order valence-corrected chi connectivity index (χ4v) is 4.73. The van der Waals surface area contributed by atoms with Gasteiger partial charge >= 0.3 is 0 Å². The van der Waals surface area contributed by atoms with Crippen LogP contribution in [-0.4, -0.2) is 45.1 Å². The molecule has 4 aromatic rings. The van der Waals surface area contributed by atoms with Gasteiger partial charge in [0.25, 0.3) is 0 Å². The molecule has 186 valence electrons. The van der Waals surface area contributed by atoms with Crippen molar-refractivity contribution in [3.05, 3.63) is 101 Å². The first kappa shape index (κ1) is 24.5. The van der Waals surface area contributed by atoms with Gasteiger partial charge in [0.1, 0.15) is 17.6 Å². The van der Waals surface area contributed by atoms with E-state index < -0.39 is 5.82 Å². The highest BCUT2D eigenvalue weighted by atomic mass is 35.5. The fraction of sp³-hybridized carbons (Fsp3) is 0.179. The minimum atomic E-state index is -0.549. The maximum Gasteiger partial charge on any atom is 0.241 e. The number of rotatable bonds is 6. The fourth-order valence-electron chi connectivity index (χ4n) is 4.56. The first-order valence-corrected chi connectivity index (χ1v) is 12.1. The Balaban J connectivity index is 1.31. The Morgan fingerprint density at radius 1 is 1.05 bits per heavy atom. The second-order valence-electron chi connectivity index (χ2n) is 8.87. The van der Waals surface area contributed by atoms with E-state index in [1.807, 2.05) is 33.7 Å².